The van der Waals surface area contributed by atoms with Crippen LogP contribution in [0.15, 0.2) is 11.6 Å². The third-order valence-corrected chi connectivity index (χ3v) is 10.2. The van der Waals surface area contributed by atoms with E-state index in [1.165, 1.54) is 51.4 Å². The zero-order chi connectivity index (χ0) is 21.1. The number of allylic oxidation sites excluding steroid dienone is 1. The number of rotatable bonds is 5. The molecule has 2 nitrogen and oxygen atoms in total. The Labute approximate surface area is 179 Å². The Hall–Kier alpha value is -0.340. The molecule has 0 aromatic heterocycles. The molecule has 3 fully saturated rings. The topological polar surface area (TPSA) is 40.5 Å². The van der Waals surface area contributed by atoms with Crippen LogP contribution in [0.4, 0.5) is 0 Å². The second kappa shape index (κ2) is 7.37. The zero-order valence-corrected chi connectivity index (χ0v) is 19.8. The Kier molecular flexibility index (Phi) is 5.56. The Morgan fingerprint density at radius 1 is 1.00 bits per heavy atom. The van der Waals surface area contributed by atoms with E-state index >= 15 is 0 Å². The summed E-state index contributed by atoms with van der Waals surface area (Å²) in [5.41, 5.74) is 1.48. The largest absolute Gasteiger partial charge is 0.390 e. The van der Waals surface area contributed by atoms with Crippen LogP contribution in [0, 0.1) is 34.5 Å². The molecule has 0 saturated heterocycles. The van der Waals surface area contributed by atoms with E-state index in [9.17, 15) is 10.2 Å². The van der Waals surface area contributed by atoms with Gasteiger partial charge in [0.15, 0.2) is 0 Å². The molecule has 3 saturated carbocycles. The molecule has 4 aliphatic rings. The molecule has 0 unspecified atom stereocenters. The van der Waals surface area contributed by atoms with Gasteiger partial charge in [0.2, 0.25) is 0 Å². The van der Waals surface area contributed by atoms with Crippen molar-refractivity contribution < 1.29 is 10.2 Å². The fourth-order valence-electron chi connectivity index (χ4n) is 8.34. The summed E-state index contributed by atoms with van der Waals surface area (Å²) in [6.07, 6.45) is 17.3. The van der Waals surface area contributed by atoms with Crippen LogP contribution >= 0.6 is 0 Å². The smallest absolute Gasteiger partial charge is 0.0657 e. The van der Waals surface area contributed by atoms with Crippen LogP contribution in [0.25, 0.3) is 0 Å². The predicted octanol–water partition coefficient (Wildman–Crippen LogP) is 6.65. The van der Waals surface area contributed by atoms with Gasteiger partial charge < -0.3 is 10.2 Å². The quantitative estimate of drug-likeness (QED) is 0.399. The summed E-state index contributed by atoms with van der Waals surface area (Å²) in [5, 5.41) is 20.7. The third kappa shape index (κ3) is 3.98. The number of hydrogen-bond acceptors (Lipinski definition) is 2. The van der Waals surface area contributed by atoms with E-state index in [1.54, 1.807) is 5.57 Å². The normalized spacial score (nSPS) is 47.2. The second-order valence-electron chi connectivity index (χ2n) is 12.8. The monoisotopic (exact) mass is 402 g/mol. The van der Waals surface area contributed by atoms with Crippen molar-refractivity contribution in [3.05, 3.63) is 11.6 Å². The van der Waals surface area contributed by atoms with Gasteiger partial charge in [0.1, 0.15) is 0 Å². The van der Waals surface area contributed by atoms with Crippen LogP contribution in [0.2, 0.25) is 0 Å². The first-order valence-electron chi connectivity index (χ1n) is 12.6. The molecule has 0 aromatic rings. The lowest BCUT2D eigenvalue weighted by atomic mass is 9.46. The van der Waals surface area contributed by atoms with E-state index in [2.05, 4.69) is 19.9 Å². The minimum absolute atomic E-state index is 0.345. The molecule has 166 valence electrons. The number of unbranched alkanes of at least 4 members (excludes halogenated alkanes) is 1. The standard InChI is InChI=1S/C27H46O2/c1-24(2,28)14-7-6-8-19-10-12-22-21-11-9-20-18-25(3,29)16-17-27(20,5)23(21)13-15-26(19,22)4/h9,19,21-23,28-29H,6-8,10-18H2,1-5H3/t19-,21-,22-,23-,25-,26+,27-/m0/s1. The average Bonchev–Trinajstić information content (AvgIpc) is 2.95. The molecule has 2 heteroatoms. The lowest BCUT2D eigenvalue weighted by molar-refractivity contribution is -0.0661. The Morgan fingerprint density at radius 2 is 1.76 bits per heavy atom. The van der Waals surface area contributed by atoms with E-state index in [0.29, 0.717) is 10.8 Å². The zero-order valence-electron chi connectivity index (χ0n) is 19.8. The minimum atomic E-state index is -0.508. The lowest BCUT2D eigenvalue weighted by Gasteiger charge is -2.59. The van der Waals surface area contributed by atoms with Crippen LogP contribution in [-0.2, 0) is 0 Å². The summed E-state index contributed by atoms with van der Waals surface area (Å²) in [5.74, 6) is 3.50. The van der Waals surface area contributed by atoms with Crippen LogP contribution in [0.3, 0.4) is 0 Å². The fourth-order valence-corrected chi connectivity index (χ4v) is 8.34. The van der Waals surface area contributed by atoms with E-state index in [-0.39, 0.29) is 0 Å². The number of aliphatic hydroxyl groups is 2. The van der Waals surface area contributed by atoms with Gasteiger partial charge in [0, 0.05) is 0 Å². The summed E-state index contributed by atoms with van der Waals surface area (Å²) < 4.78 is 0. The summed E-state index contributed by atoms with van der Waals surface area (Å²) >= 11 is 0. The van der Waals surface area contributed by atoms with Crippen LogP contribution in [0.5, 0.6) is 0 Å². The molecule has 0 radical (unpaired) electrons. The molecule has 0 aliphatic heterocycles. The van der Waals surface area contributed by atoms with E-state index in [4.69, 9.17) is 0 Å². The predicted molar refractivity (Wildman–Crippen MR) is 121 cm³/mol. The lowest BCUT2D eigenvalue weighted by Crippen LogP contribution is -2.51. The fraction of sp³-hybridized carbons (Fsp3) is 0.926. The summed E-state index contributed by atoms with van der Waals surface area (Å²) in [4.78, 5) is 0. The molecule has 29 heavy (non-hydrogen) atoms. The molecule has 4 aliphatic carbocycles. The number of hydrogen-bond donors (Lipinski definition) is 2. The molecule has 4 rings (SSSR count). The number of fused-ring (bicyclic) bond motifs is 5. The summed E-state index contributed by atoms with van der Waals surface area (Å²) in [6, 6.07) is 0. The molecule has 0 amide bonds. The summed E-state index contributed by atoms with van der Waals surface area (Å²) in [6.45, 7) is 11.1. The highest BCUT2D eigenvalue weighted by molar-refractivity contribution is 5.26. The maximum Gasteiger partial charge on any atom is 0.0657 e. The molecular weight excluding hydrogens is 356 g/mol. The summed E-state index contributed by atoms with van der Waals surface area (Å²) in [7, 11) is 0. The maximum atomic E-state index is 10.6. The van der Waals surface area contributed by atoms with Crippen molar-refractivity contribution in [1.82, 2.24) is 0 Å². The Bertz CT molecular complexity index is 641. The Balaban J connectivity index is 1.44. The highest BCUT2D eigenvalue weighted by Crippen LogP contribution is 2.67. The van der Waals surface area contributed by atoms with Gasteiger partial charge >= 0.3 is 0 Å². The van der Waals surface area contributed by atoms with Crippen LogP contribution < -0.4 is 0 Å². The first kappa shape index (κ1) is 21.9. The van der Waals surface area contributed by atoms with Crippen LogP contribution in [-0.4, -0.2) is 21.4 Å². The average molecular weight is 403 g/mol. The molecule has 2 N–H and O–H groups in total. The molecule has 0 bridgehead atoms. The molecule has 0 spiro atoms. The third-order valence-electron chi connectivity index (χ3n) is 10.2. The van der Waals surface area contributed by atoms with E-state index in [1.807, 2.05) is 20.8 Å². The highest BCUT2D eigenvalue weighted by Gasteiger charge is 2.58. The van der Waals surface area contributed by atoms with Gasteiger partial charge in [-0.3, -0.25) is 0 Å². The molecular formula is C27H46O2. The first-order valence-corrected chi connectivity index (χ1v) is 12.6. The molecule has 0 aromatic carbocycles. The van der Waals surface area contributed by atoms with E-state index < -0.39 is 11.2 Å². The van der Waals surface area contributed by atoms with Crippen molar-refractivity contribution in [3.8, 4) is 0 Å². The molecule has 0 heterocycles. The van der Waals surface area contributed by atoms with Crippen molar-refractivity contribution in [2.75, 3.05) is 0 Å². The minimum Gasteiger partial charge on any atom is -0.390 e. The first-order chi connectivity index (χ1) is 13.4. The SMILES string of the molecule is CC(C)(O)CCCC[C@H]1CC[C@H]2[C@@H]3CC=C4C[C@@](C)(O)CC[C@]4(C)[C@H]3CC[C@]12C. The highest BCUT2D eigenvalue weighted by atomic mass is 16.3. The van der Waals surface area contributed by atoms with Gasteiger partial charge in [0.05, 0.1) is 11.2 Å². The van der Waals surface area contributed by atoms with Gasteiger partial charge in [-0.25, -0.2) is 0 Å². The van der Waals surface area contributed by atoms with Crippen molar-refractivity contribution in [3.63, 3.8) is 0 Å². The van der Waals surface area contributed by atoms with Gasteiger partial charge in [0.25, 0.3) is 0 Å². The molecule has 7 atom stereocenters. The maximum absolute atomic E-state index is 10.6. The Morgan fingerprint density at radius 3 is 2.48 bits per heavy atom. The van der Waals surface area contributed by atoms with E-state index in [0.717, 1.165) is 49.4 Å². The van der Waals surface area contributed by atoms with Gasteiger partial charge in [-0.15, -0.1) is 0 Å². The van der Waals surface area contributed by atoms with Gasteiger partial charge in [-0.05, 0) is 119 Å². The van der Waals surface area contributed by atoms with Gasteiger partial charge in [-0.2, -0.15) is 0 Å². The second-order valence-corrected chi connectivity index (χ2v) is 12.8. The van der Waals surface area contributed by atoms with Crippen molar-refractivity contribution in [1.29, 1.82) is 0 Å². The van der Waals surface area contributed by atoms with Crippen molar-refractivity contribution in [2.45, 2.75) is 123 Å². The van der Waals surface area contributed by atoms with Crippen molar-refractivity contribution >= 4 is 0 Å². The van der Waals surface area contributed by atoms with Crippen LogP contribution in [0.1, 0.15) is 112 Å². The van der Waals surface area contributed by atoms with Crippen molar-refractivity contribution in [2.24, 2.45) is 34.5 Å². The van der Waals surface area contributed by atoms with Gasteiger partial charge in [-0.1, -0.05) is 38.3 Å².